The van der Waals surface area contributed by atoms with E-state index in [1.54, 1.807) is 7.11 Å². The van der Waals surface area contributed by atoms with Crippen LogP contribution in [-0.2, 0) is 4.79 Å². The Balaban J connectivity index is 1.74. The van der Waals surface area contributed by atoms with Crippen molar-refractivity contribution >= 4 is 5.91 Å². The first-order chi connectivity index (χ1) is 12.1. The molecule has 1 amide bonds. The molecule has 1 aliphatic rings. The van der Waals surface area contributed by atoms with Crippen LogP contribution in [0, 0.1) is 5.92 Å². The average molecular weight is 347 g/mol. The molecular formula is C21H34N2O2. The van der Waals surface area contributed by atoms with E-state index >= 15 is 0 Å². The van der Waals surface area contributed by atoms with Gasteiger partial charge in [-0.2, -0.15) is 0 Å². The first kappa shape index (κ1) is 19.8. The third kappa shape index (κ3) is 6.69. The van der Waals surface area contributed by atoms with E-state index in [1.165, 1.54) is 44.1 Å². The van der Waals surface area contributed by atoms with E-state index in [0.717, 1.165) is 18.1 Å². The Bertz CT molecular complexity index is 507. The van der Waals surface area contributed by atoms with Crippen molar-refractivity contribution in [2.45, 2.75) is 57.4 Å². The van der Waals surface area contributed by atoms with Gasteiger partial charge < -0.3 is 15.0 Å². The summed E-state index contributed by atoms with van der Waals surface area (Å²) >= 11 is 0. The van der Waals surface area contributed by atoms with Gasteiger partial charge in [0.15, 0.2) is 0 Å². The molecule has 0 heterocycles. The predicted octanol–water partition coefficient (Wildman–Crippen LogP) is 4.16. The number of nitrogens with zero attached hydrogens (tertiary/aromatic N) is 1. The smallest absolute Gasteiger partial charge is 0.220 e. The number of hydrogen-bond acceptors (Lipinski definition) is 3. The summed E-state index contributed by atoms with van der Waals surface area (Å²) in [7, 11) is 5.76. The number of rotatable bonds is 9. The summed E-state index contributed by atoms with van der Waals surface area (Å²) in [6, 6.07) is 8.25. The van der Waals surface area contributed by atoms with E-state index in [9.17, 15) is 4.79 Å². The highest BCUT2D eigenvalue weighted by Gasteiger charge is 2.16. The lowest BCUT2D eigenvalue weighted by atomic mass is 9.86. The molecule has 1 unspecified atom stereocenters. The van der Waals surface area contributed by atoms with Crippen molar-refractivity contribution in [3.05, 3.63) is 29.8 Å². The van der Waals surface area contributed by atoms with Crippen LogP contribution < -0.4 is 10.1 Å². The Hall–Kier alpha value is -1.55. The van der Waals surface area contributed by atoms with E-state index in [0.29, 0.717) is 13.0 Å². The van der Waals surface area contributed by atoms with E-state index in [4.69, 9.17) is 4.74 Å². The monoisotopic (exact) mass is 346 g/mol. The minimum Gasteiger partial charge on any atom is -0.497 e. The second kappa shape index (κ2) is 10.4. The zero-order chi connectivity index (χ0) is 18.1. The molecule has 0 spiro atoms. The SMILES string of the molecule is COc1ccc(C(CNC(=O)CCCC2CCCCC2)N(C)C)cc1. The highest BCUT2D eigenvalue weighted by Crippen LogP contribution is 2.27. The van der Waals surface area contributed by atoms with E-state index in [1.807, 2.05) is 26.2 Å². The molecule has 1 aliphatic carbocycles. The maximum Gasteiger partial charge on any atom is 0.220 e. The van der Waals surface area contributed by atoms with Crippen LogP contribution in [0.3, 0.4) is 0 Å². The minimum atomic E-state index is 0.174. The topological polar surface area (TPSA) is 41.6 Å². The lowest BCUT2D eigenvalue weighted by Gasteiger charge is -2.25. The normalized spacial score (nSPS) is 16.6. The fourth-order valence-electron chi connectivity index (χ4n) is 3.75. The highest BCUT2D eigenvalue weighted by molar-refractivity contribution is 5.75. The molecule has 1 aromatic rings. The molecular weight excluding hydrogens is 312 g/mol. The molecule has 25 heavy (non-hydrogen) atoms. The average Bonchev–Trinajstić information content (AvgIpc) is 2.63. The highest BCUT2D eigenvalue weighted by atomic mass is 16.5. The maximum atomic E-state index is 12.2. The third-order valence-corrected chi connectivity index (χ3v) is 5.36. The summed E-state index contributed by atoms with van der Waals surface area (Å²) in [6.45, 7) is 0.640. The number of likely N-dealkylation sites (N-methyl/N-ethyl adjacent to an activating group) is 1. The van der Waals surface area contributed by atoms with Crippen LogP contribution in [0.4, 0.5) is 0 Å². The lowest BCUT2D eigenvalue weighted by molar-refractivity contribution is -0.121. The maximum absolute atomic E-state index is 12.2. The molecule has 4 heteroatoms. The van der Waals surface area contributed by atoms with Gasteiger partial charge in [-0.3, -0.25) is 4.79 Å². The number of nitrogens with one attached hydrogen (secondary N) is 1. The summed E-state index contributed by atoms with van der Waals surface area (Å²) in [4.78, 5) is 14.3. The fourth-order valence-corrected chi connectivity index (χ4v) is 3.75. The van der Waals surface area contributed by atoms with Gasteiger partial charge in [0.2, 0.25) is 5.91 Å². The number of methoxy groups -OCH3 is 1. The molecule has 0 aliphatic heterocycles. The first-order valence-electron chi connectivity index (χ1n) is 9.67. The fraction of sp³-hybridized carbons (Fsp3) is 0.667. The Morgan fingerprint density at radius 1 is 1.20 bits per heavy atom. The molecule has 1 saturated carbocycles. The zero-order valence-electron chi connectivity index (χ0n) is 16.1. The summed E-state index contributed by atoms with van der Waals surface area (Å²) in [5.41, 5.74) is 1.19. The molecule has 1 aromatic carbocycles. The molecule has 0 saturated heterocycles. The largest absolute Gasteiger partial charge is 0.497 e. The van der Waals surface area contributed by atoms with Gasteiger partial charge in [0, 0.05) is 13.0 Å². The lowest BCUT2D eigenvalue weighted by Crippen LogP contribution is -2.34. The number of hydrogen-bond donors (Lipinski definition) is 1. The quantitative estimate of drug-likeness (QED) is 0.730. The van der Waals surface area contributed by atoms with Gasteiger partial charge >= 0.3 is 0 Å². The van der Waals surface area contributed by atoms with Gasteiger partial charge in [-0.25, -0.2) is 0 Å². The summed E-state index contributed by atoms with van der Waals surface area (Å²) < 4.78 is 5.22. The number of carbonyl (C=O) groups is 1. The van der Waals surface area contributed by atoms with Crippen LogP contribution in [0.15, 0.2) is 24.3 Å². The first-order valence-corrected chi connectivity index (χ1v) is 9.67. The van der Waals surface area contributed by atoms with Crippen molar-refractivity contribution in [3.63, 3.8) is 0 Å². The van der Waals surface area contributed by atoms with E-state index in [-0.39, 0.29) is 11.9 Å². The van der Waals surface area contributed by atoms with Crippen molar-refractivity contribution in [2.75, 3.05) is 27.7 Å². The van der Waals surface area contributed by atoms with Gasteiger partial charge in [-0.05, 0) is 50.6 Å². The van der Waals surface area contributed by atoms with Crippen molar-refractivity contribution < 1.29 is 9.53 Å². The van der Waals surface area contributed by atoms with Gasteiger partial charge in [0.25, 0.3) is 0 Å². The van der Waals surface area contributed by atoms with E-state index < -0.39 is 0 Å². The van der Waals surface area contributed by atoms with Crippen LogP contribution in [0.5, 0.6) is 5.75 Å². The molecule has 1 N–H and O–H groups in total. The second-order valence-corrected chi connectivity index (χ2v) is 7.45. The summed E-state index contributed by atoms with van der Waals surface area (Å²) in [6.07, 6.45) is 9.76. The molecule has 4 nitrogen and oxygen atoms in total. The molecule has 1 fully saturated rings. The van der Waals surface area contributed by atoms with Crippen molar-refractivity contribution in [2.24, 2.45) is 5.92 Å². The molecule has 1 atom stereocenters. The molecule has 2 rings (SSSR count). The third-order valence-electron chi connectivity index (χ3n) is 5.36. The van der Waals surface area contributed by atoms with Crippen molar-refractivity contribution in [1.82, 2.24) is 10.2 Å². The number of carbonyl (C=O) groups excluding carboxylic acids is 1. The molecule has 0 radical (unpaired) electrons. The van der Waals surface area contributed by atoms with Gasteiger partial charge in [-0.1, -0.05) is 44.2 Å². The second-order valence-electron chi connectivity index (χ2n) is 7.45. The summed E-state index contributed by atoms with van der Waals surface area (Å²) in [5, 5.41) is 3.12. The Labute approximate surface area is 152 Å². The minimum absolute atomic E-state index is 0.174. The van der Waals surface area contributed by atoms with E-state index in [2.05, 4.69) is 22.3 Å². The Morgan fingerprint density at radius 3 is 2.48 bits per heavy atom. The van der Waals surface area contributed by atoms with Crippen LogP contribution in [0.25, 0.3) is 0 Å². The van der Waals surface area contributed by atoms with Gasteiger partial charge in [-0.15, -0.1) is 0 Å². The Kier molecular flexibility index (Phi) is 8.26. The molecule has 140 valence electrons. The van der Waals surface area contributed by atoms with Gasteiger partial charge in [0.05, 0.1) is 13.2 Å². The molecule has 0 aromatic heterocycles. The van der Waals surface area contributed by atoms with Crippen LogP contribution in [0.2, 0.25) is 0 Å². The standard InChI is InChI=1S/C21H34N2O2/c1-23(2)20(18-12-14-19(25-3)15-13-18)16-22-21(24)11-7-10-17-8-5-4-6-9-17/h12-15,17,20H,4-11,16H2,1-3H3,(H,22,24). The number of amides is 1. The number of benzene rings is 1. The van der Waals surface area contributed by atoms with Crippen LogP contribution >= 0.6 is 0 Å². The van der Waals surface area contributed by atoms with Crippen molar-refractivity contribution in [3.8, 4) is 5.75 Å². The zero-order valence-corrected chi connectivity index (χ0v) is 16.1. The molecule has 0 bridgehead atoms. The van der Waals surface area contributed by atoms with Crippen LogP contribution in [-0.4, -0.2) is 38.6 Å². The Morgan fingerprint density at radius 2 is 1.88 bits per heavy atom. The predicted molar refractivity (Wildman–Crippen MR) is 103 cm³/mol. The van der Waals surface area contributed by atoms with Crippen molar-refractivity contribution in [1.29, 1.82) is 0 Å². The summed E-state index contributed by atoms with van der Waals surface area (Å²) in [5.74, 6) is 1.89. The number of ether oxygens (including phenoxy) is 1. The van der Waals surface area contributed by atoms with Crippen LogP contribution in [0.1, 0.15) is 63.0 Å². The van der Waals surface area contributed by atoms with Gasteiger partial charge in [0.1, 0.15) is 5.75 Å².